The Morgan fingerprint density at radius 2 is 2.00 bits per heavy atom. The zero-order valence-electron chi connectivity index (χ0n) is 17.3. The second-order valence-corrected chi connectivity index (χ2v) is 7.66. The molecule has 0 amide bonds. The number of morpholine rings is 1. The fourth-order valence-electron chi connectivity index (χ4n) is 3.76. The number of aromatic nitrogens is 4. The Morgan fingerprint density at radius 3 is 2.81 bits per heavy atom. The van der Waals surface area contributed by atoms with Crippen molar-refractivity contribution < 1.29 is 9.47 Å². The monoisotopic (exact) mass is 452 g/mol. The van der Waals surface area contributed by atoms with E-state index in [2.05, 4.69) is 25.2 Å². The van der Waals surface area contributed by atoms with E-state index in [4.69, 9.17) is 21.1 Å². The summed E-state index contributed by atoms with van der Waals surface area (Å²) >= 11 is 6.36. The van der Waals surface area contributed by atoms with Gasteiger partial charge in [0.2, 0.25) is 5.95 Å². The normalized spacial score (nSPS) is 14.0. The van der Waals surface area contributed by atoms with E-state index in [1.807, 2.05) is 42.5 Å². The Balaban J connectivity index is 1.49. The molecular formula is C22H21ClN6O3. The SMILES string of the molecule is COc1cc(N2CCOCC2)ccc1Nc1ncc(Cl)c(-n2c(=O)[nH]c3ccccc32)n1. The third kappa shape index (κ3) is 3.76. The van der Waals surface area contributed by atoms with Crippen LogP contribution in [0.1, 0.15) is 0 Å². The second kappa shape index (κ2) is 8.52. The summed E-state index contributed by atoms with van der Waals surface area (Å²) in [7, 11) is 1.61. The summed E-state index contributed by atoms with van der Waals surface area (Å²) in [5.74, 6) is 1.23. The molecule has 9 nitrogen and oxygen atoms in total. The minimum atomic E-state index is -0.329. The molecule has 0 atom stereocenters. The highest BCUT2D eigenvalue weighted by Crippen LogP contribution is 2.32. The van der Waals surface area contributed by atoms with Gasteiger partial charge in [0.15, 0.2) is 5.82 Å². The molecule has 0 unspecified atom stereocenters. The molecule has 0 bridgehead atoms. The van der Waals surface area contributed by atoms with Crippen molar-refractivity contribution in [2.24, 2.45) is 0 Å². The first-order valence-electron chi connectivity index (χ1n) is 10.1. The van der Waals surface area contributed by atoms with Gasteiger partial charge < -0.3 is 24.7 Å². The summed E-state index contributed by atoms with van der Waals surface area (Å²) < 4.78 is 12.5. The van der Waals surface area contributed by atoms with E-state index in [1.54, 1.807) is 7.11 Å². The van der Waals surface area contributed by atoms with E-state index < -0.39 is 0 Å². The molecule has 32 heavy (non-hydrogen) atoms. The number of hydrogen-bond donors (Lipinski definition) is 2. The molecule has 4 aromatic rings. The Hall–Kier alpha value is -3.56. The van der Waals surface area contributed by atoms with E-state index >= 15 is 0 Å². The van der Waals surface area contributed by atoms with Crippen molar-refractivity contribution in [2.75, 3.05) is 43.6 Å². The van der Waals surface area contributed by atoms with Crippen molar-refractivity contribution >= 4 is 40.0 Å². The largest absolute Gasteiger partial charge is 0.494 e. The molecule has 164 valence electrons. The molecule has 3 heterocycles. The van der Waals surface area contributed by atoms with Crippen LogP contribution in [-0.2, 0) is 4.74 Å². The fourth-order valence-corrected chi connectivity index (χ4v) is 3.94. The predicted octanol–water partition coefficient (Wildman–Crippen LogP) is 3.35. The van der Waals surface area contributed by atoms with Gasteiger partial charge in [-0.25, -0.2) is 14.3 Å². The third-order valence-corrected chi connectivity index (χ3v) is 5.60. The first kappa shape index (κ1) is 20.3. The fraction of sp³-hybridized carbons (Fsp3) is 0.227. The van der Waals surface area contributed by atoms with Gasteiger partial charge in [0.05, 0.1) is 43.2 Å². The zero-order valence-corrected chi connectivity index (χ0v) is 18.1. The van der Waals surface area contributed by atoms with Crippen LogP contribution in [0.2, 0.25) is 5.02 Å². The number of fused-ring (bicyclic) bond motifs is 1. The molecule has 0 radical (unpaired) electrons. The molecule has 1 saturated heterocycles. The Kier molecular flexibility index (Phi) is 5.42. The molecule has 2 aromatic carbocycles. The molecule has 0 spiro atoms. The lowest BCUT2D eigenvalue weighted by molar-refractivity contribution is 0.122. The maximum atomic E-state index is 12.6. The number of H-pyrrole nitrogens is 1. The highest BCUT2D eigenvalue weighted by molar-refractivity contribution is 6.32. The number of anilines is 3. The number of methoxy groups -OCH3 is 1. The van der Waals surface area contributed by atoms with E-state index in [0.717, 1.165) is 18.8 Å². The van der Waals surface area contributed by atoms with Crippen LogP contribution in [0.3, 0.4) is 0 Å². The van der Waals surface area contributed by atoms with Crippen molar-refractivity contribution in [3.63, 3.8) is 0 Å². The quantitative estimate of drug-likeness (QED) is 0.479. The number of para-hydroxylation sites is 2. The van der Waals surface area contributed by atoms with Gasteiger partial charge in [-0.2, -0.15) is 4.98 Å². The van der Waals surface area contributed by atoms with Crippen molar-refractivity contribution in [2.45, 2.75) is 0 Å². The molecule has 1 fully saturated rings. The minimum Gasteiger partial charge on any atom is -0.494 e. The van der Waals surface area contributed by atoms with Crippen molar-refractivity contribution in [1.82, 2.24) is 19.5 Å². The van der Waals surface area contributed by atoms with E-state index in [-0.39, 0.29) is 16.5 Å². The number of ether oxygens (including phenoxy) is 2. The first-order valence-corrected chi connectivity index (χ1v) is 10.5. The van der Waals surface area contributed by atoms with Crippen molar-refractivity contribution in [3.05, 3.63) is 64.2 Å². The van der Waals surface area contributed by atoms with Crippen molar-refractivity contribution in [3.8, 4) is 11.6 Å². The summed E-state index contributed by atoms with van der Waals surface area (Å²) in [6, 6.07) is 13.2. The van der Waals surface area contributed by atoms with Gasteiger partial charge in [0.25, 0.3) is 0 Å². The van der Waals surface area contributed by atoms with Crippen LogP contribution in [0.5, 0.6) is 5.75 Å². The maximum absolute atomic E-state index is 12.6. The number of halogens is 1. The standard InChI is InChI=1S/C22H21ClN6O3/c1-31-19-12-14(28-8-10-32-11-9-28)6-7-17(19)25-21-24-13-15(23)20(27-21)29-18-5-3-2-4-16(18)26-22(29)30/h2-7,12-13H,8-11H2,1H3,(H,26,30)(H,24,25,27). The average molecular weight is 453 g/mol. The average Bonchev–Trinajstić information content (AvgIpc) is 3.16. The lowest BCUT2D eigenvalue weighted by Crippen LogP contribution is -2.36. The summed E-state index contributed by atoms with van der Waals surface area (Å²) in [6.07, 6.45) is 1.47. The molecule has 1 aliphatic heterocycles. The first-order chi connectivity index (χ1) is 15.6. The van der Waals surface area contributed by atoms with E-state index in [0.29, 0.717) is 41.6 Å². The Labute approximate surface area is 188 Å². The van der Waals surface area contributed by atoms with Crippen molar-refractivity contribution in [1.29, 1.82) is 0 Å². The predicted molar refractivity (Wildman–Crippen MR) is 124 cm³/mol. The smallest absolute Gasteiger partial charge is 0.332 e. The number of nitrogens with one attached hydrogen (secondary N) is 2. The zero-order chi connectivity index (χ0) is 22.1. The van der Waals surface area contributed by atoms with Crippen LogP contribution in [0.25, 0.3) is 16.9 Å². The number of imidazole rings is 1. The van der Waals surface area contributed by atoms with Gasteiger partial charge in [0, 0.05) is 24.8 Å². The van der Waals surface area contributed by atoms with Crippen LogP contribution >= 0.6 is 11.6 Å². The maximum Gasteiger partial charge on any atom is 0.332 e. The topological polar surface area (TPSA) is 97.3 Å². The van der Waals surface area contributed by atoms with Crippen LogP contribution in [0.4, 0.5) is 17.3 Å². The highest BCUT2D eigenvalue weighted by atomic mass is 35.5. The van der Waals surface area contributed by atoms with E-state index in [1.165, 1.54) is 10.8 Å². The molecular weight excluding hydrogens is 432 g/mol. The number of hydrogen-bond acceptors (Lipinski definition) is 7. The summed E-state index contributed by atoms with van der Waals surface area (Å²) in [6.45, 7) is 3.08. The molecule has 0 aliphatic carbocycles. The summed E-state index contributed by atoms with van der Waals surface area (Å²) in [5.41, 5.74) is 2.80. The Bertz CT molecular complexity index is 1330. The van der Waals surface area contributed by atoms with Gasteiger partial charge in [-0.3, -0.25) is 0 Å². The number of benzene rings is 2. The van der Waals surface area contributed by atoms with Gasteiger partial charge in [-0.1, -0.05) is 23.7 Å². The molecule has 2 aromatic heterocycles. The summed E-state index contributed by atoms with van der Waals surface area (Å²) in [4.78, 5) is 26.4. The number of aromatic amines is 1. The van der Waals surface area contributed by atoms with Gasteiger partial charge >= 0.3 is 5.69 Å². The van der Waals surface area contributed by atoms with Gasteiger partial charge in [-0.05, 0) is 24.3 Å². The third-order valence-electron chi connectivity index (χ3n) is 5.33. The number of rotatable bonds is 5. The lowest BCUT2D eigenvalue weighted by Gasteiger charge is -2.29. The van der Waals surface area contributed by atoms with E-state index in [9.17, 15) is 4.79 Å². The summed E-state index contributed by atoms with van der Waals surface area (Å²) in [5, 5.41) is 3.44. The minimum absolute atomic E-state index is 0.261. The van der Waals surface area contributed by atoms with Crippen LogP contribution < -0.4 is 20.6 Å². The second-order valence-electron chi connectivity index (χ2n) is 7.26. The molecule has 10 heteroatoms. The Morgan fingerprint density at radius 1 is 1.19 bits per heavy atom. The molecule has 0 saturated carbocycles. The molecule has 1 aliphatic rings. The van der Waals surface area contributed by atoms with Crippen LogP contribution in [0.15, 0.2) is 53.5 Å². The van der Waals surface area contributed by atoms with Crippen LogP contribution in [-0.4, -0.2) is 52.9 Å². The van der Waals surface area contributed by atoms with Crippen LogP contribution in [0, 0.1) is 0 Å². The lowest BCUT2D eigenvalue weighted by atomic mass is 10.2. The molecule has 2 N–H and O–H groups in total. The molecule has 5 rings (SSSR count). The highest BCUT2D eigenvalue weighted by Gasteiger charge is 2.17. The van der Waals surface area contributed by atoms with Gasteiger partial charge in [-0.15, -0.1) is 0 Å². The van der Waals surface area contributed by atoms with Gasteiger partial charge in [0.1, 0.15) is 10.8 Å². The number of nitrogens with zero attached hydrogens (tertiary/aromatic N) is 4.